The Morgan fingerprint density at radius 1 is 0.783 bits per heavy atom. The zero-order valence-corrected chi connectivity index (χ0v) is 13.1. The first kappa shape index (κ1) is 16.7. The quantitative estimate of drug-likeness (QED) is 0.731. The number of rotatable bonds is 7. The fourth-order valence-electron chi connectivity index (χ4n) is 1.99. The van der Waals surface area contributed by atoms with Gasteiger partial charge in [0.1, 0.15) is 0 Å². The standard InChI is InChI=1S/C19H20O4/c1-2-15(13-22-18(20)16-9-5-3-6-10-16)14-23-19(21)17-11-7-4-8-12-17/h3-12,15H,2,13-14H2,1H3. The van der Waals surface area contributed by atoms with E-state index < -0.39 is 0 Å². The largest absolute Gasteiger partial charge is 0.462 e. The molecule has 2 rings (SSSR count). The molecule has 0 radical (unpaired) electrons. The second-order valence-electron chi connectivity index (χ2n) is 5.20. The van der Waals surface area contributed by atoms with Crippen molar-refractivity contribution < 1.29 is 19.1 Å². The molecule has 120 valence electrons. The third-order valence-electron chi connectivity index (χ3n) is 3.50. The highest BCUT2D eigenvalue weighted by Gasteiger charge is 2.15. The highest BCUT2D eigenvalue weighted by Crippen LogP contribution is 2.09. The number of hydrogen-bond donors (Lipinski definition) is 0. The van der Waals surface area contributed by atoms with Crippen LogP contribution in [0.5, 0.6) is 0 Å². The normalized spacial score (nSPS) is 10.3. The lowest BCUT2D eigenvalue weighted by Gasteiger charge is -2.15. The van der Waals surface area contributed by atoms with Crippen molar-refractivity contribution in [3.8, 4) is 0 Å². The topological polar surface area (TPSA) is 52.6 Å². The number of benzene rings is 2. The van der Waals surface area contributed by atoms with Crippen molar-refractivity contribution in [3.63, 3.8) is 0 Å². The third-order valence-corrected chi connectivity index (χ3v) is 3.50. The van der Waals surface area contributed by atoms with Crippen LogP contribution in [0.25, 0.3) is 0 Å². The van der Waals surface area contributed by atoms with Crippen LogP contribution in [0.3, 0.4) is 0 Å². The van der Waals surface area contributed by atoms with Gasteiger partial charge in [-0.15, -0.1) is 0 Å². The van der Waals surface area contributed by atoms with E-state index in [0.717, 1.165) is 6.42 Å². The van der Waals surface area contributed by atoms with Gasteiger partial charge < -0.3 is 9.47 Å². The van der Waals surface area contributed by atoms with Crippen LogP contribution >= 0.6 is 0 Å². The van der Waals surface area contributed by atoms with Crippen LogP contribution in [0.15, 0.2) is 60.7 Å². The van der Waals surface area contributed by atoms with E-state index in [1.54, 1.807) is 48.5 Å². The van der Waals surface area contributed by atoms with Gasteiger partial charge in [-0.2, -0.15) is 0 Å². The molecule has 0 aliphatic rings. The van der Waals surface area contributed by atoms with E-state index in [9.17, 15) is 9.59 Å². The first-order chi connectivity index (χ1) is 11.2. The smallest absolute Gasteiger partial charge is 0.338 e. The monoisotopic (exact) mass is 312 g/mol. The van der Waals surface area contributed by atoms with Gasteiger partial charge in [0.15, 0.2) is 0 Å². The van der Waals surface area contributed by atoms with Gasteiger partial charge >= 0.3 is 11.9 Å². The van der Waals surface area contributed by atoms with Crippen LogP contribution in [0.2, 0.25) is 0 Å². The maximum Gasteiger partial charge on any atom is 0.338 e. The average molecular weight is 312 g/mol. The van der Waals surface area contributed by atoms with Gasteiger partial charge in [-0.05, 0) is 30.7 Å². The Morgan fingerprint density at radius 3 is 1.52 bits per heavy atom. The van der Waals surface area contributed by atoms with E-state index in [2.05, 4.69) is 0 Å². The molecule has 0 bridgehead atoms. The zero-order valence-electron chi connectivity index (χ0n) is 13.1. The number of carbonyl (C=O) groups is 2. The Balaban J connectivity index is 1.79. The van der Waals surface area contributed by atoms with Gasteiger partial charge in [0.25, 0.3) is 0 Å². The Morgan fingerprint density at radius 2 is 1.17 bits per heavy atom. The van der Waals surface area contributed by atoms with Crippen molar-refractivity contribution in [2.24, 2.45) is 5.92 Å². The summed E-state index contributed by atoms with van der Waals surface area (Å²) in [6, 6.07) is 17.7. The zero-order chi connectivity index (χ0) is 16.5. The van der Waals surface area contributed by atoms with E-state index in [-0.39, 0.29) is 31.1 Å². The van der Waals surface area contributed by atoms with Crippen molar-refractivity contribution in [2.45, 2.75) is 13.3 Å². The van der Waals surface area contributed by atoms with Gasteiger partial charge in [-0.25, -0.2) is 9.59 Å². The molecule has 0 saturated heterocycles. The Bertz CT molecular complexity index is 567. The van der Waals surface area contributed by atoms with Crippen molar-refractivity contribution in [1.82, 2.24) is 0 Å². The molecule has 0 heterocycles. The molecule has 0 N–H and O–H groups in total. The second-order valence-corrected chi connectivity index (χ2v) is 5.20. The lowest BCUT2D eigenvalue weighted by Crippen LogP contribution is -2.20. The molecule has 0 spiro atoms. The number of carbonyl (C=O) groups excluding carboxylic acids is 2. The summed E-state index contributed by atoms with van der Waals surface area (Å²) in [5, 5.41) is 0. The molecule has 4 nitrogen and oxygen atoms in total. The van der Waals surface area contributed by atoms with Crippen molar-refractivity contribution in [1.29, 1.82) is 0 Å². The van der Waals surface area contributed by atoms with E-state index in [4.69, 9.17) is 9.47 Å². The summed E-state index contributed by atoms with van der Waals surface area (Å²) in [4.78, 5) is 23.8. The number of hydrogen-bond acceptors (Lipinski definition) is 4. The lowest BCUT2D eigenvalue weighted by molar-refractivity contribution is 0.0254. The lowest BCUT2D eigenvalue weighted by atomic mass is 10.1. The minimum atomic E-state index is -0.363. The van der Waals surface area contributed by atoms with Gasteiger partial charge in [-0.3, -0.25) is 0 Å². The number of ether oxygens (including phenoxy) is 2. The molecule has 0 amide bonds. The Kier molecular flexibility index (Phi) is 6.36. The molecule has 2 aromatic rings. The maximum absolute atomic E-state index is 11.9. The average Bonchev–Trinajstić information content (AvgIpc) is 2.62. The van der Waals surface area contributed by atoms with E-state index in [0.29, 0.717) is 11.1 Å². The molecule has 0 atom stereocenters. The molecule has 0 aliphatic carbocycles. The van der Waals surface area contributed by atoms with Crippen LogP contribution < -0.4 is 0 Å². The summed E-state index contributed by atoms with van der Waals surface area (Å²) >= 11 is 0. The Hall–Kier alpha value is -2.62. The van der Waals surface area contributed by atoms with Crippen LogP contribution in [0.4, 0.5) is 0 Å². The van der Waals surface area contributed by atoms with E-state index in [1.807, 2.05) is 19.1 Å². The second kappa shape index (κ2) is 8.73. The van der Waals surface area contributed by atoms with E-state index in [1.165, 1.54) is 0 Å². The SMILES string of the molecule is CCC(COC(=O)c1ccccc1)COC(=O)c1ccccc1. The fraction of sp³-hybridized carbons (Fsp3) is 0.263. The Labute approximate surface area is 136 Å². The summed E-state index contributed by atoms with van der Waals surface area (Å²) in [6.45, 7) is 2.43. The summed E-state index contributed by atoms with van der Waals surface area (Å²) in [7, 11) is 0. The minimum absolute atomic E-state index is 0.0182. The molecular weight excluding hydrogens is 292 g/mol. The van der Waals surface area contributed by atoms with Gasteiger partial charge in [0, 0.05) is 5.92 Å². The van der Waals surface area contributed by atoms with Crippen molar-refractivity contribution in [3.05, 3.63) is 71.8 Å². The molecule has 0 aliphatic heterocycles. The highest BCUT2D eigenvalue weighted by atomic mass is 16.5. The van der Waals surface area contributed by atoms with Crippen LogP contribution in [-0.4, -0.2) is 25.2 Å². The van der Waals surface area contributed by atoms with Crippen molar-refractivity contribution in [2.75, 3.05) is 13.2 Å². The fourth-order valence-corrected chi connectivity index (χ4v) is 1.99. The molecule has 0 aromatic heterocycles. The maximum atomic E-state index is 11.9. The van der Waals surface area contributed by atoms with E-state index >= 15 is 0 Å². The first-order valence-electron chi connectivity index (χ1n) is 7.65. The summed E-state index contributed by atoms with van der Waals surface area (Å²) in [5.74, 6) is -0.743. The molecule has 0 fully saturated rings. The van der Waals surface area contributed by atoms with Gasteiger partial charge in [-0.1, -0.05) is 43.3 Å². The first-order valence-corrected chi connectivity index (χ1v) is 7.65. The van der Waals surface area contributed by atoms with Gasteiger partial charge in [0.05, 0.1) is 24.3 Å². The molecule has 0 unspecified atom stereocenters. The highest BCUT2D eigenvalue weighted by molar-refractivity contribution is 5.89. The molecule has 23 heavy (non-hydrogen) atoms. The number of esters is 2. The van der Waals surface area contributed by atoms with Crippen LogP contribution in [0.1, 0.15) is 34.1 Å². The van der Waals surface area contributed by atoms with Crippen LogP contribution in [-0.2, 0) is 9.47 Å². The summed E-state index contributed by atoms with van der Waals surface area (Å²) in [5.41, 5.74) is 1.03. The van der Waals surface area contributed by atoms with Crippen LogP contribution in [0, 0.1) is 5.92 Å². The predicted molar refractivity (Wildman–Crippen MR) is 87.2 cm³/mol. The van der Waals surface area contributed by atoms with Crippen molar-refractivity contribution >= 4 is 11.9 Å². The van der Waals surface area contributed by atoms with Gasteiger partial charge in [0.2, 0.25) is 0 Å². The molecule has 4 heteroatoms. The molecule has 0 saturated carbocycles. The minimum Gasteiger partial charge on any atom is -0.462 e. The summed E-state index contributed by atoms with van der Waals surface area (Å²) < 4.78 is 10.6. The summed E-state index contributed by atoms with van der Waals surface area (Å²) in [6.07, 6.45) is 0.754. The predicted octanol–water partition coefficient (Wildman–Crippen LogP) is 3.73. The molecular formula is C19H20O4. The third kappa shape index (κ3) is 5.25. The molecule has 2 aromatic carbocycles.